The number of alkyl halides is 6. The number of carbonyl (C=O) groups excluding carboxylic acids is 1. The van der Waals surface area contributed by atoms with Gasteiger partial charge in [0.2, 0.25) is 5.91 Å². The largest absolute Gasteiger partial charge is 0.480 e. The van der Waals surface area contributed by atoms with E-state index in [2.05, 4.69) is 0 Å². The lowest BCUT2D eigenvalue weighted by molar-refractivity contribution is -0.159. The SMILES string of the molecule is O=C(Cc1cccc(C(F)(F)F)c1)NC(CC(F)(F)F)C(=O)O. The van der Waals surface area contributed by atoms with Gasteiger partial charge in [-0.1, -0.05) is 18.2 Å². The highest BCUT2D eigenvalue weighted by Gasteiger charge is 2.36. The van der Waals surface area contributed by atoms with Crippen LogP contribution in [0.3, 0.4) is 0 Å². The highest BCUT2D eigenvalue weighted by molar-refractivity contribution is 5.84. The van der Waals surface area contributed by atoms with Gasteiger partial charge in [0.25, 0.3) is 0 Å². The number of benzene rings is 1. The van der Waals surface area contributed by atoms with Crippen molar-refractivity contribution in [1.29, 1.82) is 0 Å². The van der Waals surface area contributed by atoms with Gasteiger partial charge in [0.1, 0.15) is 6.04 Å². The molecule has 1 unspecified atom stereocenters. The van der Waals surface area contributed by atoms with Crippen molar-refractivity contribution in [2.45, 2.75) is 31.2 Å². The lowest BCUT2D eigenvalue weighted by atomic mass is 10.1. The quantitative estimate of drug-likeness (QED) is 0.808. The van der Waals surface area contributed by atoms with Crippen molar-refractivity contribution < 1.29 is 41.0 Å². The Balaban J connectivity index is 2.77. The molecule has 0 fully saturated rings. The van der Waals surface area contributed by atoms with E-state index in [1.165, 1.54) is 6.07 Å². The molecule has 128 valence electrons. The molecular weight excluding hydrogens is 332 g/mol. The van der Waals surface area contributed by atoms with Crippen LogP contribution in [0.2, 0.25) is 0 Å². The van der Waals surface area contributed by atoms with E-state index in [9.17, 15) is 35.9 Å². The smallest absolute Gasteiger partial charge is 0.416 e. The minimum Gasteiger partial charge on any atom is -0.480 e. The summed E-state index contributed by atoms with van der Waals surface area (Å²) in [5.74, 6) is -3.01. The third-order valence-corrected chi connectivity index (χ3v) is 2.69. The molecule has 1 amide bonds. The number of aliphatic carboxylic acids is 1. The number of hydrogen-bond donors (Lipinski definition) is 2. The van der Waals surface area contributed by atoms with E-state index in [0.717, 1.165) is 12.1 Å². The van der Waals surface area contributed by atoms with Gasteiger partial charge in [-0.05, 0) is 11.6 Å². The maximum atomic E-state index is 12.5. The Morgan fingerprint density at radius 1 is 1.13 bits per heavy atom. The minimum absolute atomic E-state index is 0.103. The first-order chi connectivity index (χ1) is 10.4. The Kier molecular flexibility index (Phi) is 5.62. The average molecular weight is 343 g/mol. The van der Waals surface area contributed by atoms with Gasteiger partial charge in [0, 0.05) is 0 Å². The van der Waals surface area contributed by atoms with Gasteiger partial charge in [-0.15, -0.1) is 0 Å². The topological polar surface area (TPSA) is 66.4 Å². The summed E-state index contributed by atoms with van der Waals surface area (Å²) in [4.78, 5) is 22.2. The van der Waals surface area contributed by atoms with Crippen LogP contribution in [-0.4, -0.2) is 29.2 Å². The molecule has 23 heavy (non-hydrogen) atoms. The van der Waals surface area contributed by atoms with Gasteiger partial charge >= 0.3 is 18.3 Å². The van der Waals surface area contributed by atoms with E-state index in [0.29, 0.717) is 6.07 Å². The molecule has 4 nitrogen and oxygen atoms in total. The molecule has 0 bridgehead atoms. The minimum atomic E-state index is -4.81. The lowest BCUT2D eigenvalue weighted by Crippen LogP contribution is -2.44. The van der Waals surface area contributed by atoms with Crippen LogP contribution in [0.15, 0.2) is 24.3 Å². The summed E-state index contributed by atoms with van der Waals surface area (Å²) < 4.78 is 74.1. The van der Waals surface area contributed by atoms with Crippen LogP contribution in [-0.2, 0) is 22.2 Å². The molecule has 0 aliphatic heterocycles. The molecule has 0 heterocycles. The van der Waals surface area contributed by atoms with E-state index in [1.54, 1.807) is 5.32 Å². The first-order valence-electron chi connectivity index (χ1n) is 6.13. The number of carboxylic acid groups (broad SMARTS) is 1. The van der Waals surface area contributed by atoms with Crippen LogP contribution in [0.5, 0.6) is 0 Å². The van der Waals surface area contributed by atoms with Crippen molar-refractivity contribution >= 4 is 11.9 Å². The molecule has 0 aliphatic rings. The lowest BCUT2D eigenvalue weighted by Gasteiger charge is -2.16. The van der Waals surface area contributed by atoms with Crippen molar-refractivity contribution in [3.8, 4) is 0 Å². The predicted molar refractivity (Wildman–Crippen MR) is 65.4 cm³/mol. The Hall–Kier alpha value is -2.26. The van der Waals surface area contributed by atoms with Gasteiger partial charge in [-0.25, -0.2) is 4.79 Å². The van der Waals surface area contributed by atoms with Crippen molar-refractivity contribution in [2.24, 2.45) is 0 Å². The summed E-state index contributed by atoms with van der Waals surface area (Å²) in [6.07, 6.45) is -11.9. The second kappa shape index (κ2) is 6.88. The second-order valence-electron chi connectivity index (χ2n) is 4.65. The zero-order valence-corrected chi connectivity index (χ0v) is 11.3. The molecule has 10 heteroatoms. The molecule has 0 saturated heterocycles. The first kappa shape index (κ1) is 18.8. The Morgan fingerprint density at radius 3 is 2.22 bits per heavy atom. The zero-order chi connectivity index (χ0) is 17.8. The predicted octanol–water partition coefficient (Wildman–Crippen LogP) is 2.77. The maximum Gasteiger partial charge on any atom is 0.416 e. The third-order valence-electron chi connectivity index (χ3n) is 2.69. The fraction of sp³-hybridized carbons (Fsp3) is 0.385. The summed E-state index contributed by atoms with van der Waals surface area (Å²) in [5, 5.41) is 10.3. The standard InChI is InChI=1S/C13H11F6NO3/c14-12(15,16)6-9(11(22)23)20-10(21)5-7-2-1-3-8(4-7)13(17,18)19/h1-4,9H,5-6H2,(H,20,21)(H,22,23). The van der Waals surface area contributed by atoms with Gasteiger partial charge in [0.05, 0.1) is 18.4 Å². The second-order valence-corrected chi connectivity index (χ2v) is 4.65. The van der Waals surface area contributed by atoms with E-state index in [1.807, 2.05) is 0 Å². The fourth-order valence-electron chi connectivity index (χ4n) is 1.72. The number of nitrogens with one attached hydrogen (secondary N) is 1. The molecule has 1 aromatic carbocycles. The monoisotopic (exact) mass is 343 g/mol. The Morgan fingerprint density at radius 2 is 1.74 bits per heavy atom. The van der Waals surface area contributed by atoms with Gasteiger partial charge in [-0.2, -0.15) is 26.3 Å². The molecular formula is C13H11F6NO3. The molecule has 0 radical (unpaired) electrons. The number of carboxylic acids is 1. The van der Waals surface area contributed by atoms with Crippen molar-refractivity contribution in [1.82, 2.24) is 5.32 Å². The first-order valence-corrected chi connectivity index (χ1v) is 6.13. The zero-order valence-electron chi connectivity index (χ0n) is 11.3. The number of amides is 1. The van der Waals surface area contributed by atoms with Crippen LogP contribution >= 0.6 is 0 Å². The van der Waals surface area contributed by atoms with Crippen LogP contribution in [0.25, 0.3) is 0 Å². The molecule has 1 aromatic rings. The number of carbonyl (C=O) groups is 2. The van der Waals surface area contributed by atoms with E-state index >= 15 is 0 Å². The van der Waals surface area contributed by atoms with E-state index in [-0.39, 0.29) is 5.56 Å². The summed E-state index contributed by atoms with van der Waals surface area (Å²) >= 11 is 0. The highest BCUT2D eigenvalue weighted by atomic mass is 19.4. The van der Waals surface area contributed by atoms with Crippen molar-refractivity contribution in [3.63, 3.8) is 0 Å². The van der Waals surface area contributed by atoms with Gasteiger partial charge < -0.3 is 10.4 Å². The summed E-state index contributed by atoms with van der Waals surface area (Å²) in [6.45, 7) is 0. The van der Waals surface area contributed by atoms with Crippen molar-refractivity contribution in [2.75, 3.05) is 0 Å². The summed E-state index contributed by atoms with van der Waals surface area (Å²) in [7, 11) is 0. The molecule has 1 rings (SSSR count). The Bertz CT molecular complexity index is 582. The number of rotatable bonds is 5. The molecule has 0 aliphatic carbocycles. The molecule has 0 aromatic heterocycles. The fourth-order valence-corrected chi connectivity index (χ4v) is 1.72. The van der Waals surface area contributed by atoms with Crippen LogP contribution in [0, 0.1) is 0 Å². The Labute approximate surface area is 126 Å². The average Bonchev–Trinajstić information content (AvgIpc) is 2.35. The summed E-state index contributed by atoms with van der Waals surface area (Å²) in [6, 6.07) is 1.45. The number of hydrogen-bond acceptors (Lipinski definition) is 2. The van der Waals surface area contributed by atoms with Crippen molar-refractivity contribution in [3.05, 3.63) is 35.4 Å². The maximum absolute atomic E-state index is 12.5. The van der Waals surface area contributed by atoms with Crippen LogP contribution in [0.1, 0.15) is 17.5 Å². The number of halogens is 6. The molecule has 0 saturated carbocycles. The van der Waals surface area contributed by atoms with E-state index in [4.69, 9.17) is 5.11 Å². The van der Waals surface area contributed by atoms with Crippen LogP contribution < -0.4 is 5.32 Å². The van der Waals surface area contributed by atoms with Crippen LogP contribution in [0.4, 0.5) is 26.3 Å². The van der Waals surface area contributed by atoms with Gasteiger partial charge in [-0.3, -0.25) is 4.79 Å². The normalized spacial score (nSPS) is 13.5. The highest BCUT2D eigenvalue weighted by Crippen LogP contribution is 2.29. The molecule has 0 spiro atoms. The molecule has 1 atom stereocenters. The van der Waals surface area contributed by atoms with E-state index < -0.39 is 48.7 Å². The molecule has 2 N–H and O–H groups in total. The van der Waals surface area contributed by atoms with Gasteiger partial charge in [0.15, 0.2) is 0 Å². The third kappa shape index (κ3) is 6.57. The summed E-state index contributed by atoms with van der Waals surface area (Å²) in [5.41, 5.74) is -1.12.